The minimum atomic E-state index is -0.899. The van der Waals surface area contributed by atoms with E-state index in [1.807, 2.05) is 72.8 Å². The lowest BCUT2D eigenvalue weighted by Gasteiger charge is -2.19. The molecule has 1 atom stereocenters. The normalized spacial score (nSPS) is 11.0. The molecule has 0 aliphatic carbocycles. The second-order valence-corrected chi connectivity index (χ2v) is 9.59. The van der Waals surface area contributed by atoms with Gasteiger partial charge in [0.05, 0.1) is 6.54 Å². The van der Waals surface area contributed by atoms with Crippen molar-refractivity contribution in [2.45, 2.75) is 38.8 Å². The van der Waals surface area contributed by atoms with Crippen LogP contribution in [0.2, 0.25) is 0 Å². The van der Waals surface area contributed by atoms with Crippen molar-refractivity contribution in [2.75, 3.05) is 6.54 Å². The Morgan fingerprint density at radius 2 is 1.40 bits per heavy atom. The van der Waals surface area contributed by atoms with Crippen molar-refractivity contribution in [1.82, 2.24) is 16.0 Å². The highest BCUT2D eigenvalue weighted by Crippen LogP contribution is 2.18. The van der Waals surface area contributed by atoms with E-state index in [-0.39, 0.29) is 43.6 Å². The molecule has 0 aromatic heterocycles. The van der Waals surface area contributed by atoms with Crippen LogP contribution >= 0.6 is 0 Å². The fourth-order valence-electron chi connectivity index (χ4n) is 4.23. The first kappa shape index (κ1) is 31.5. The zero-order chi connectivity index (χ0) is 30.3. The van der Waals surface area contributed by atoms with Gasteiger partial charge in [-0.1, -0.05) is 84.9 Å². The van der Waals surface area contributed by atoms with Crippen molar-refractivity contribution in [3.63, 3.8) is 0 Å². The summed E-state index contributed by atoms with van der Waals surface area (Å²) in [4.78, 5) is 47.1. The van der Waals surface area contributed by atoms with Crippen LogP contribution in [0.3, 0.4) is 0 Å². The molecule has 0 saturated carbocycles. The van der Waals surface area contributed by atoms with Crippen LogP contribution in [0.1, 0.15) is 30.0 Å². The Morgan fingerprint density at radius 1 is 0.762 bits per heavy atom. The molecule has 0 radical (unpaired) electrons. The molecular formula is C33H34FN3O5. The fourth-order valence-corrected chi connectivity index (χ4v) is 4.23. The van der Waals surface area contributed by atoms with Gasteiger partial charge in [0.1, 0.15) is 11.9 Å². The van der Waals surface area contributed by atoms with Crippen LogP contribution in [0.25, 0.3) is 10.8 Å². The number of benzene rings is 4. The van der Waals surface area contributed by atoms with Crippen molar-refractivity contribution in [1.29, 1.82) is 0 Å². The van der Waals surface area contributed by atoms with Gasteiger partial charge in [0.15, 0.2) is 0 Å². The number of carboxylic acids is 1. The molecule has 0 unspecified atom stereocenters. The van der Waals surface area contributed by atoms with Gasteiger partial charge in [-0.15, -0.1) is 0 Å². The molecule has 4 aromatic rings. The second-order valence-electron chi connectivity index (χ2n) is 9.59. The maximum absolute atomic E-state index is 13.4. The molecule has 4 rings (SSSR count). The van der Waals surface area contributed by atoms with E-state index in [1.54, 1.807) is 12.1 Å². The van der Waals surface area contributed by atoms with E-state index in [1.165, 1.54) is 12.1 Å². The molecule has 0 saturated heterocycles. The topological polar surface area (TPSA) is 125 Å². The summed E-state index contributed by atoms with van der Waals surface area (Å²) in [5.41, 5.74) is 2.69. The first-order valence-corrected chi connectivity index (χ1v) is 13.5. The SMILES string of the molecule is CC(=O)O.O=C(CCc1ccccc1)NCC(=O)N[C@@H](Cc1ccc(F)cc1)C(=O)NCc1cccc2ccccc12. The monoisotopic (exact) mass is 571 g/mol. The predicted molar refractivity (Wildman–Crippen MR) is 159 cm³/mol. The van der Waals surface area contributed by atoms with Gasteiger partial charge in [0, 0.05) is 26.3 Å². The molecule has 218 valence electrons. The zero-order valence-corrected chi connectivity index (χ0v) is 23.3. The van der Waals surface area contributed by atoms with Gasteiger partial charge in [-0.2, -0.15) is 0 Å². The number of rotatable bonds is 11. The number of carbonyl (C=O) groups excluding carboxylic acids is 3. The summed E-state index contributed by atoms with van der Waals surface area (Å²) < 4.78 is 13.4. The molecule has 0 aliphatic heterocycles. The average Bonchev–Trinajstić information content (AvgIpc) is 2.98. The van der Waals surface area contributed by atoms with E-state index in [2.05, 4.69) is 16.0 Å². The summed E-state index contributed by atoms with van der Waals surface area (Å²) in [5, 5.41) is 17.8. The highest BCUT2D eigenvalue weighted by molar-refractivity contribution is 5.91. The summed E-state index contributed by atoms with van der Waals surface area (Å²) in [7, 11) is 0. The number of hydrogen-bond acceptors (Lipinski definition) is 4. The molecular weight excluding hydrogens is 537 g/mol. The van der Waals surface area contributed by atoms with Crippen molar-refractivity contribution in [3.8, 4) is 0 Å². The lowest BCUT2D eigenvalue weighted by atomic mass is 10.0. The number of fused-ring (bicyclic) bond motifs is 1. The average molecular weight is 572 g/mol. The van der Waals surface area contributed by atoms with E-state index in [0.29, 0.717) is 12.0 Å². The predicted octanol–water partition coefficient (Wildman–Crippen LogP) is 4.16. The lowest BCUT2D eigenvalue weighted by molar-refractivity contribution is -0.134. The number of halogens is 1. The molecule has 42 heavy (non-hydrogen) atoms. The van der Waals surface area contributed by atoms with Crippen LogP contribution in [0.5, 0.6) is 0 Å². The van der Waals surface area contributed by atoms with Crippen molar-refractivity contribution in [2.24, 2.45) is 0 Å². The number of nitrogens with one attached hydrogen (secondary N) is 3. The van der Waals surface area contributed by atoms with Gasteiger partial charge < -0.3 is 21.1 Å². The number of aryl methyl sites for hydroxylation is 1. The summed E-state index contributed by atoms with van der Waals surface area (Å²) in [6, 6.07) is 28.3. The smallest absolute Gasteiger partial charge is 0.300 e. The van der Waals surface area contributed by atoms with Crippen LogP contribution in [-0.2, 0) is 38.6 Å². The molecule has 0 fully saturated rings. The Hall–Kier alpha value is -5.05. The van der Waals surface area contributed by atoms with Gasteiger partial charge >= 0.3 is 0 Å². The number of carboxylic acid groups (broad SMARTS) is 1. The Balaban J connectivity index is 0.00000114. The van der Waals surface area contributed by atoms with Gasteiger partial charge in [0.2, 0.25) is 17.7 Å². The summed E-state index contributed by atoms with van der Waals surface area (Å²) >= 11 is 0. The van der Waals surface area contributed by atoms with Gasteiger partial charge in [-0.3, -0.25) is 19.2 Å². The van der Waals surface area contributed by atoms with E-state index in [0.717, 1.165) is 28.8 Å². The first-order valence-electron chi connectivity index (χ1n) is 13.5. The number of aliphatic carboxylic acids is 1. The Morgan fingerprint density at radius 3 is 2.12 bits per heavy atom. The van der Waals surface area contributed by atoms with E-state index in [9.17, 15) is 18.8 Å². The maximum atomic E-state index is 13.4. The van der Waals surface area contributed by atoms with Crippen molar-refractivity contribution < 1.29 is 28.7 Å². The minimum absolute atomic E-state index is 0.176. The van der Waals surface area contributed by atoms with Crippen molar-refractivity contribution >= 4 is 34.5 Å². The lowest BCUT2D eigenvalue weighted by Crippen LogP contribution is -2.50. The van der Waals surface area contributed by atoms with Gasteiger partial charge in [-0.25, -0.2) is 4.39 Å². The molecule has 3 amide bonds. The highest BCUT2D eigenvalue weighted by Gasteiger charge is 2.22. The third-order valence-electron chi connectivity index (χ3n) is 6.27. The highest BCUT2D eigenvalue weighted by atomic mass is 19.1. The molecule has 0 bridgehead atoms. The third kappa shape index (κ3) is 10.8. The third-order valence-corrected chi connectivity index (χ3v) is 6.27. The Kier molecular flexibility index (Phi) is 12.2. The van der Waals surface area contributed by atoms with Crippen LogP contribution in [0.4, 0.5) is 4.39 Å². The van der Waals surface area contributed by atoms with E-state index >= 15 is 0 Å². The molecule has 9 heteroatoms. The minimum Gasteiger partial charge on any atom is -0.481 e. The van der Waals surface area contributed by atoms with E-state index in [4.69, 9.17) is 9.90 Å². The van der Waals surface area contributed by atoms with Gasteiger partial charge in [-0.05, 0) is 46.0 Å². The van der Waals surface area contributed by atoms with Crippen LogP contribution in [0, 0.1) is 5.82 Å². The fraction of sp³-hybridized carbons (Fsp3) is 0.212. The summed E-state index contributed by atoms with van der Waals surface area (Å²) in [6.07, 6.45) is 0.995. The maximum Gasteiger partial charge on any atom is 0.300 e. The number of carbonyl (C=O) groups is 4. The number of hydrogen-bond donors (Lipinski definition) is 4. The van der Waals surface area contributed by atoms with E-state index < -0.39 is 17.9 Å². The van der Waals surface area contributed by atoms with Gasteiger partial charge in [0.25, 0.3) is 5.97 Å². The van der Waals surface area contributed by atoms with Crippen LogP contribution in [0.15, 0.2) is 97.1 Å². The van der Waals surface area contributed by atoms with Crippen LogP contribution in [-0.4, -0.2) is 41.4 Å². The number of amides is 3. The standard InChI is InChI=1S/C31H30FN3O3.C2H4O2/c32-26-16-13-23(14-17-26)19-28(31(38)34-20-25-11-6-10-24-9-4-5-12-27(24)25)35-30(37)21-33-29(36)18-15-22-7-2-1-3-8-22;1-2(3)4/h1-14,16-17,28H,15,18-21H2,(H,33,36)(H,34,38)(H,35,37);1H3,(H,3,4)/t28-;/m0./s1. The molecule has 0 heterocycles. The largest absolute Gasteiger partial charge is 0.481 e. The molecule has 8 nitrogen and oxygen atoms in total. The second kappa shape index (κ2) is 16.3. The molecule has 0 spiro atoms. The van der Waals surface area contributed by atoms with Crippen molar-refractivity contribution in [3.05, 3.63) is 120 Å². The van der Waals surface area contributed by atoms with Crippen LogP contribution < -0.4 is 16.0 Å². The summed E-state index contributed by atoms with van der Waals surface area (Å²) in [5.74, 6) is -2.32. The molecule has 4 aromatic carbocycles. The molecule has 4 N–H and O–H groups in total. The summed E-state index contributed by atoms with van der Waals surface area (Å²) in [6.45, 7) is 1.12. The Bertz CT molecular complexity index is 1480. The quantitative estimate of drug-likeness (QED) is 0.215. The first-order chi connectivity index (χ1) is 20.2. The Labute approximate surface area is 244 Å². The zero-order valence-electron chi connectivity index (χ0n) is 23.3. The molecule has 0 aliphatic rings.